The van der Waals surface area contributed by atoms with Crippen LogP contribution in [0.1, 0.15) is 48.5 Å². The van der Waals surface area contributed by atoms with Gasteiger partial charge in [-0.25, -0.2) is 0 Å². The van der Waals surface area contributed by atoms with Crippen LogP contribution in [0.25, 0.3) is 0 Å². The minimum Gasteiger partial charge on any atom is -0.497 e. The van der Waals surface area contributed by atoms with E-state index in [-0.39, 0.29) is 29.8 Å². The van der Waals surface area contributed by atoms with E-state index in [0.29, 0.717) is 12.8 Å². The van der Waals surface area contributed by atoms with E-state index >= 15 is 0 Å². The molecular formula is C19H22O4. The Morgan fingerprint density at radius 1 is 1.26 bits per heavy atom. The summed E-state index contributed by atoms with van der Waals surface area (Å²) in [6.07, 6.45) is 3.79. The Bertz CT molecular complexity index is 663. The van der Waals surface area contributed by atoms with Gasteiger partial charge >= 0.3 is 0 Å². The average Bonchev–Trinajstić information content (AvgIpc) is 2.83. The highest BCUT2D eigenvalue weighted by atomic mass is 16.5. The minimum atomic E-state index is -0.675. The Hall–Kier alpha value is -1.97. The smallest absolute Gasteiger partial charge is 0.166 e. The maximum atomic E-state index is 13.0. The van der Waals surface area contributed by atoms with Crippen LogP contribution in [0, 0.1) is 17.3 Å². The molecule has 0 aliphatic heterocycles. The lowest BCUT2D eigenvalue weighted by Crippen LogP contribution is -2.39. The number of aldehydes is 1. The van der Waals surface area contributed by atoms with E-state index in [9.17, 15) is 14.4 Å². The maximum Gasteiger partial charge on any atom is 0.166 e. The Labute approximate surface area is 136 Å². The first-order valence-electron chi connectivity index (χ1n) is 8.19. The lowest BCUT2D eigenvalue weighted by Gasteiger charge is -2.36. The number of hydrogen-bond acceptors (Lipinski definition) is 4. The summed E-state index contributed by atoms with van der Waals surface area (Å²) in [6, 6.07) is 5.56. The van der Waals surface area contributed by atoms with Crippen molar-refractivity contribution in [2.45, 2.75) is 39.0 Å². The normalized spacial score (nSPS) is 30.2. The van der Waals surface area contributed by atoms with Crippen molar-refractivity contribution in [3.8, 4) is 5.75 Å². The second kappa shape index (κ2) is 5.91. The van der Waals surface area contributed by atoms with Crippen molar-refractivity contribution in [3.63, 3.8) is 0 Å². The molecule has 1 fully saturated rings. The van der Waals surface area contributed by atoms with Gasteiger partial charge < -0.3 is 9.53 Å². The molecular weight excluding hydrogens is 292 g/mol. The van der Waals surface area contributed by atoms with Gasteiger partial charge in [0.15, 0.2) is 5.78 Å². The molecule has 23 heavy (non-hydrogen) atoms. The SMILES string of the molecule is COc1ccc2c(c1)CC[C@H]([C@H]1CCC(=O)[C@]1(C)CC=O)C2=O. The van der Waals surface area contributed by atoms with E-state index < -0.39 is 5.41 Å². The summed E-state index contributed by atoms with van der Waals surface area (Å²) in [7, 11) is 1.62. The van der Waals surface area contributed by atoms with Crippen molar-refractivity contribution >= 4 is 17.9 Å². The van der Waals surface area contributed by atoms with Crippen LogP contribution in [0.4, 0.5) is 0 Å². The predicted octanol–water partition coefficient (Wildman–Crippen LogP) is 3.01. The van der Waals surface area contributed by atoms with Gasteiger partial charge in [-0.3, -0.25) is 9.59 Å². The zero-order valence-electron chi connectivity index (χ0n) is 13.6. The van der Waals surface area contributed by atoms with E-state index in [0.717, 1.165) is 36.0 Å². The number of hydrogen-bond donors (Lipinski definition) is 0. The number of rotatable bonds is 4. The molecule has 0 N–H and O–H groups in total. The standard InChI is InChI=1S/C19H22O4/c1-19(9-10-20)16(7-8-17(19)21)15-5-3-12-11-13(23-2)4-6-14(12)18(15)22/h4,6,10-11,15-16H,3,5,7-9H2,1-2H3/t15-,16-,19-/m1/s1. The number of methoxy groups -OCH3 is 1. The zero-order chi connectivity index (χ0) is 16.6. The minimum absolute atomic E-state index is 0.0250. The number of ether oxygens (including phenoxy) is 1. The van der Waals surface area contributed by atoms with Crippen LogP contribution in [-0.2, 0) is 16.0 Å². The molecule has 1 aromatic rings. The number of fused-ring (bicyclic) bond motifs is 1. The molecule has 1 aromatic carbocycles. The number of aryl methyl sites for hydroxylation is 1. The first-order chi connectivity index (χ1) is 11.0. The highest BCUT2D eigenvalue weighted by molar-refractivity contribution is 6.01. The van der Waals surface area contributed by atoms with Gasteiger partial charge in [-0.05, 0) is 48.9 Å². The Morgan fingerprint density at radius 2 is 2.04 bits per heavy atom. The fraction of sp³-hybridized carbons (Fsp3) is 0.526. The molecule has 0 aromatic heterocycles. The molecule has 2 aliphatic rings. The highest BCUT2D eigenvalue weighted by Crippen LogP contribution is 2.49. The molecule has 122 valence electrons. The van der Waals surface area contributed by atoms with Crippen molar-refractivity contribution in [2.24, 2.45) is 17.3 Å². The lowest BCUT2D eigenvalue weighted by atomic mass is 9.65. The van der Waals surface area contributed by atoms with Crippen LogP contribution in [0.2, 0.25) is 0 Å². The van der Waals surface area contributed by atoms with E-state index in [1.165, 1.54) is 0 Å². The van der Waals surface area contributed by atoms with Gasteiger partial charge in [0.25, 0.3) is 0 Å². The van der Waals surface area contributed by atoms with Gasteiger partial charge in [0, 0.05) is 29.7 Å². The molecule has 3 rings (SSSR count). The van der Waals surface area contributed by atoms with Crippen LogP contribution in [0.15, 0.2) is 18.2 Å². The van der Waals surface area contributed by atoms with Crippen LogP contribution < -0.4 is 4.74 Å². The molecule has 0 bridgehead atoms. The molecule has 0 spiro atoms. The summed E-state index contributed by atoms with van der Waals surface area (Å²) < 4.78 is 5.23. The van der Waals surface area contributed by atoms with Gasteiger partial charge in [-0.2, -0.15) is 0 Å². The molecule has 3 atom stereocenters. The second-order valence-corrected chi connectivity index (χ2v) is 6.89. The van der Waals surface area contributed by atoms with Crippen LogP contribution >= 0.6 is 0 Å². The topological polar surface area (TPSA) is 60.4 Å². The number of benzene rings is 1. The number of ketones is 2. The van der Waals surface area contributed by atoms with Gasteiger partial charge in [0.2, 0.25) is 0 Å². The molecule has 2 aliphatic carbocycles. The van der Waals surface area contributed by atoms with Crippen molar-refractivity contribution in [2.75, 3.05) is 7.11 Å². The number of carbonyl (C=O) groups is 3. The fourth-order valence-corrected chi connectivity index (χ4v) is 4.35. The summed E-state index contributed by atoms with van der Waals surface area (Å²) in [6.45, 7) is 1.86. The van der Waals surface area contributed by atoms with Crippen molar-refractivity contribution in [1.29, 1.82) is 0 Å². The number of Topliss-reactive ketones (excluding diaryl/α,β-unsaturated/α-hetero) is 2. The van der Waals surface area contributed by atoms with Crippen molar-refractivity contribution in [3.05, 3.63) is 29.3 Å². The van der Waals surface area contributed by atoms with Crippen molar-refractivity contribution in [1.82, 2.24) is 0 Å². The average molecular weight is 314 g/mol. The van der Waals surface area contributed by atoms with Gasteiger partial charge in [-0.15, -0.1) is 0 Å². The predicted molar refractivity (Wildman–Crippen MR) is 85.7 cm³/mol. The fourth-order valence-electron chi connectivity index (χ4n) is 4.35. The van der Waals surface area contributed by atoms with Gasteiger partial charge in [-0.1, -0.05) is 6.92 Å². The lowest BCUT2D eigenvalue weighted by molar-refractivity contribution is -0.129. The second-order valence-electron chi connectivity index (χ2n) is 6.89. The Morgan fingerprint density at radius 3 is 2.74 bits per heavy atom. The molecule has 0 amide bonds. The summed E-state index contributed by atoms with van der Waals surface area (Å²) in [4.78, 5) is 36.3. The Kier molecular flexibility index (Phi) is 4.09. The summed E-state index contributed by atoms with van der Waals surface area (Å²) >= 11 is 0. The first-order valence-corrected chi connectivity index (χ1v) is 8.19. The third-order valence-electron chi connectivity index (χ3n) is 5.77. The Balaban J connectivity index is 1.91. The van der Waals surface area contributed by atoms with Crippen LogP contribution in [0.5, 0.6) is 5.75 Å². The summed E-state index contributed by atoms with van der Waals surface area (Å²) in [5, 5.41) is 0. The first kappa shape index (κ1) is 15.9. The third-order valence-corrected chi connectivity index (χ3v) is 5.77. The van der Waals surface area contributed by atoms with E-state index in [4.69, 9.17) is 4.74 Å². The summed E-state index contributed by atoms with van der Waals surface area (Å²) in [5.74, 6) is 0.820. The quantitative estimate of drug-likeness (QED) is 0.802. The molecule has 0 unspecified atom stereocenters. The molecule has 0 radical (unpaired) electrons. The largest absolute Gasteiger partial charge is 0.497 e. The monoisotopic (exact) mass is 314 g/mol. The highest BCUT2D eigenvalue weighted by Gasteiger charge is 2.51. The van der Waals surface area contributed by atoms with Gasteiger partial charge in [0.1, 0.15) is 17.8 Å². The van der Waals surface area contributed by atoms with E-state index in [1.807, 2.05) is 25.1 Å². The number of carbonyl (C=O) groups excluding carboxylic acids is 3. The van der Waals surface area contributed by atoms with Crippen LogP contribution in [-0.4, -0.2) is 25.0 Å². The van der Waals surface area contributed by atoms with Gasteiger partial charge in [0.05, 0.1) is 7.11 Å². The molecule has 0 heterocycles. The molecule has 0 saturated heterocycles. The van der Waals surface area contributed by atoms with E-state index in [2.05, 4.69) is 0 Å². The molecule has 4 heteroatoms. The van der Waals surface area contributed by atoms with E-state index in [1.54, 1.807) is 7.11 Å². The third kappa shape index (κ3) is 2.50. The van der Waals surface area contributed by atoms with Crippen molar-refractivity contribution < 1.29 is 19.1 Å². The maximum absolute atomic E-state index is 13.0. The zero-order valence-corrected chi connectivity index (χ0v) is 13.6. The van der Waals surface area contributed by atoms with Crippen LogP contribution in [0.3, 0.4) is 0 Å². The molecule has 4 nitrogen and oxygen atoms in total. The molecule has 1 saturated carbocycles. The summed E-state index contributed by atoms with van der Waals surface area (Å²) in [5.41, 5.74) is 1.09.